The van der Waals surface area contributed by atoms with Crippen LogP contribution in [0.4, 0.5) is 11.4 Å². The lowest BCUT2D eigenvalue weighted by molar-refractivity contribution is -0.115. The second kappa shape index (κ2) is 8.58. The van der Waals surface area contributed by atoms with Gasteiger partial charge in [-0.3, -0.25) is 4.79 Å². The Labute approximate surface area is 145 Å². The van der Waals surface area contributed by atoms with Crippen molar-refractivity contribution in [1.29, 1.82) is 0 Å². The highest BCUT2D eigenvalue weighted by atomic mass is 79.9. The highest BCUT2D eigenvalue weighted by Gasteiger charge is 2.04. The summed E-state index contributed by atoms with van der Waals surface area (Å²) in [7, 11) is 0. The number of hydrogen-bond acceptors (Lipinski definition) is 3. The van der Waals surface area contributed by atoms with Gasteiger partial charge in [-0.15, -0.1) is 0 Å². The molecule has 4 nitrogen and oxygen atoms in total. The Kier molecular flexibility index (Phi) is 6.47. The number of carbonyl (C=O) groups is 1. The van der Waals surface area contributed by atoms with Crippen LogP contribution in [0.25, 0.3) is 0 Å². The lowest BCUT2D eigenvalue weighted by Crippen LogP contribution is -2.16. The fraction of sp³-hybridized carbons (Fsp3) is 0.278. The van der Waals surface area contributed by atoms with Crippen molar-refractivity contribution in [3.63, 3.8) is 0 Å². The maximum absolute atomic E-state index is 12.0. The van der Waals surface area contributed by atoms with Crippen LogP contribution in [0.15, 0.2) is 46.9 Å². The number of anilines is 2. The van der Waals surface area contributed by atoms with Gasteiger partial charge in [0.15, 0.2) is 0 Å². The summed E-state index contributed by atoms with van der Waals surface area (Å²) in [4.78, 5) is 12.0. The molecule has 0 saturated carbocycles. The molecular formula is C18H21BrN2O2. The minimum Gasteiger partial charge on any atom is -0.494 e. The Hall–Kier alpha value is -2.01. The molecule has 0 radical (unpaired) electrons. The number of carbonyl (C=O) groups excluding carboxylic acids is 1. The predicted molar refractivity (Wildman–Crippen MR) is 98.2 cm³/mol. The molecule has 1 amide bonds. The first-order valence-electron chi connectivity index (χ1n) is 7.61. The summed E-state index contributed by atoms with van der Waals surface area (Å²) in [6.07, 6.45) is 0.405. The zero-order valence-corrected chi connectivity index (χ0v) is 14.9. The average Bonchev–Trinajstić information content (AvgIpc) is 2.53. The van der Waals surface area contributed by atoms with Crippen LogP contribution in [0.3, 0.4) is 0 Å². The largest absolute Gasteiger partial charge is 0.494 e. The molecule has 0 aliphatic rings. The van der Waals surface area contributed by atoms with Crippen LogP contribution in [0.5, 0.6) is 5.75 Å². The van der Waals surface area contributed by atoms with Crippen molar-refractivity contribution in [2.75, 3.05) is 23.8 Å². The molecule has 0 bridgehead atoms. The van der Waals surface area contributed by atoms with Crippen molar-refractivity contribution in [2.45, 2.75) is 20.3 Å². The van der Waals surface area contributed by atoms with E-state index in [2.05, 4.69) is 26.6 Å². The zero-order chi connectivity index (χ0) is 16.7. The zero-order valence-electron chi connectivity index (χ0n) is 13.4. The first kappa shape index (κ1) is 17.3. The lowest BCUT2D eigenvalue weighted by atomic mass is 10.2. The molecule has 5 heteroatoms. The van der Waals surface area contributed by atoms with Gasteiger partial charge in [-0.1, -0.05) is 15.9 Å². The molecule has 0 saturated heterocycles. The van der Waals surface area contributed by atoms with Crippen LogP contribution in [0.1, 0.15) is 18.9 Å². The van der Waals surface area contributed by atoms with Crippen LogP contribution in [0, 0.1) is 6.92 Å². The first-order chi connectivity index (χ1) is 11.1. The SMILES string of the molecule is CCOc1ccc(NCCC(=O)Nc2ccc(Br)c(C)c2)cc1. The monoisotopic (exact) mass is 376 g/mol. The summed E-state index contributed by atoms with van der Waals surface area (Å²) in [5.41, 5.74) is 2.88. The Morgan fingerprint density at radius 2 is 1.83 bits per heavy atom. The van der Waals surface area contributed by atoms with Crippen molar-refractivity contribution in [3.8, 4) is 5.75 Å². The lowest BCUT2D eigenvalue weighted by Gasteiger charge is -2.09. The Morgan fingerprint density at radius 1 is 1.13 bits per heavy atom. The molecular weight excluding hydrogens is 356 g/mol. The Balaban J connectivity index is 1.76. The third-order valence-corrected chi connectivity index (χ3v) is 4.18. The van der Waals surface area contributed by atoms with E-state index in [4.69, 9.17) is 4.74 Å². The second-order valence-electron chi connectivity index (χ2n) is 5.15. The van der Waals surface area contributed by atoms with Gasteiger partial charge >= 0.3 is 0 Å². The minimum atomic E-state index is -0.00911. The van der Waals surface area contributed by atoms with E-state index in [1.165, 1.54) is 0 Å². The number of amides is 1. The van der Waals surface area contributed by atoms with E-state index in [1.807, 2.05) is 56.3 Å². The van der Waals surface area contributed by atoms with Crippen molar-refractivity contribution < 1.29 is 9.53 Å². The third-order valence-electron chi connectivity index (χ3n) is 3.29. The number of aryl methyl sites for hydroxylation is 1. The van der Waals surface area contributed by atoms with Crippen molar-refractivity contribution in [2.24, 2.45) is 0 Å². The van der Waals surface area contributed by atoms with Crippen molar-refractivity contribution >= 4 is 33.2 Å². The van der Waals surface area contributed by atoms with E-state index in [9.17, 15) is 4.79 Å². The molecule has 122 valence electrons. The standard InChI is InChI=1S/C18H21BrN2O2/c1-3-23-16-7-4-14(5-8-16)20-11-10-18(22)21-15-6-9-17(19)13(2)12-15/h4-9,12,20H,3,10-11H2,1-2H3,(H,21,22). The Morgan fingerprint density at radius 3 is 2.48 bits per heavy atom. The summed E-state index contributed by atoms with van der Waals surface area (Å²) in [6.45, 7) is 5.18. The first-order valence-corrected chi connectivity index (χ1v) is 8.40. The van der Waals surface area contributed by atoms with E-state index < -0.39 is 0 Å². The molecule has 0 fully saturated rings. The van der Waals surface area contributed by atoms with E-state index in [0.717, 1.165) is 27.2 Å². The predicted octanol–water partition coefficient (Wildman–Crippen LogP) is 4.60. The van der Waals surface area contributed by atoms with Gasteiger partial charge in [-0.05, 0) is 61.9 Å². The van der Waals surface area contributed by atoms with Crippen LogP contribution in [0.2, 0.25) is 0 Å². The number of hydrogen-bond donors (Lipinski definition) is 2. The highest BCUT2D eigenvalue weighted by Crippen LogP contribution is 2.20. The number of ether oxygens (including phenoxy) is 1. The second-order valence-corrected chi connectivity index (χ2v) is 6.00. The molecule has 0 aliphatic heterocycles. The molecule has 0 unspecified atom stereocenters. The van der Waals surface area contributed by atoms with Crippen molar-refractivity contribution in [3.05, 3.63) is 52.5 Å². The van der Waals surface area contributed by atoms with Gasteiger partial charge in [0, 0.05) is 28.8 Å². The van der Waals surface area contributed by atoms with E-state index in [1.54, 1.807) is 0 Å². The maximum Gasteiger partial charge on any atom is 0.226 e. The molecule has 0 atom stereocenters. The molecule has 2 rings (SSSR count). The fourth-order valence-corrected chi connectivity index (χ4v) is 2.35. The maximum atomic E-state index is 12.0. The third kappa shape index (κ3) is 5.60. The van der Waals surface area contributed by atoms with Gasteiger partial charge in [0.2, 0.25) is 5.91 Å². The summed E-state index contributed by atoms with van der Waals surface area (Å²) in [6, 6.07) is 13.5. The van der Waals surface area contributed by atoms with Crippen LogP contribution in [-0.4, -0.2) is 19.1 Å². The molecule has 2 aromatic rings. The van der Waals surface area contributed by atoms with Gasteiger partial charge in [0.1, 0.15) is 5.75 Å². The number of rotatable bonds is 7. The topological polar surface area (TPSA) is 50.4 Å². The molecule has 2 N–H and O–H groups in total. The minimum absolute atomic E-state index is 0.00911. The van der Waals surface area contributed by atoms with Crippen LogP contribution < -0.4 is 15.4 Å². The number of halogens is 1. The summed E-state index contributed by atoms with van der Waals surface area (Å²) >= 11 is 3.45. The molecule has 0 aliphatic carbocycles. The fourth-order valence-electron chi connectivity index (χ4n) is 2.10. The molecule has 0 heterocycles. The van der Waals surface area contributed by atoms with Crippen LogP contribution in [-0.2, 0) is 4.79 Å². The molecule has 2 aromatic carbocycles. The van der Waals surface area contributed by atoms with Gasteiger partial charge in [0.25, 0.3) is 0 Å². The van der Waals surface area contributed by atoms with E-state index in [-0.39, 0.29) is 5.91 Å². The smallest absolute Gasteiger partial charge is 0.226 e. The average molecular weight is 377 g/mol. The summed E-state index contributed by atoms with van der Waals surface area (Å²) < 4.78 is 6.43. The van der Waals surface area contributed by atoms with Gasteiger partial charge in [0.05, 0.1) is 6.61 Å². The molecule has 0 aromatic heterocycles. The summed E-state index contributed by atoms with van der Waals surface area (Å²) in [5, 5.41) is 6.13. The van der Waals surface area contributed by atoms with Gasteiger partial charge in [-0.2, -0.15) is 0 Å². The van der Waals surface area contributed by atoms with E-state index >= 15 is 0 Å². The Bertz CT molecular complexity index is 657. The normalized spacial score (nSPS) is 10.2. The van der Waals surface area contributed by atoms with Crippen molar-refractivity contribution in [1.82, 2.24) is 0 Å². The molecule has 0 spiro atoms. The quantitative estimate of drug-likeness (QED) is 0.742. The highest BCUT2D eigenvalue weighted by molar-refractivity contribution is 9.10. The summed E-state index contributed by atoms with van der Waals surface area (Å²) in [5.74, 6) is 0.839. The molecule has 23 heavy (non-hydrogen) atoms. The van der Waals surface area contributed by atoms with Gasteiger partial charge in [-0.25, -0.2) is 0 Å². The van der Waals surface area contributed by atoms with Gasteiger partial charge < -0.3 is 15.4 Å². The number of benzene rings is 2. The number of nitrogens with one attached hydrogen (secondary N) is 2. The van der Waals surface area contributed by atoms with E-state index in [0.29, 0.717) is 19.6 Å². The van der Waals surface area contributed by atoms with Crippen LogP contribution >= 0.6 is 15.9 Å².